The molecule has 158 valence electrons. The van der Waals surface area contributed by atoms with E-state index < -0.39 is 0 Å². The second kappa shape index (κ2) is 10.5. The largest absolute Gasteiger partial charge is 0.339 e. The number of piperazine rings is 1. The molecular formula is C21H42N4O2. The first-order chi connectivity index (χ1) is 12.8. The van der Waals surface area contributed by atoms with Gasteiger partial charge < -0.3 is 10.2 Å². The van der Waals surface area contributed by atoms with Crippen LogP contribution >= 0.6 is 0 Å². The highest BCUT2D eigenvalue weighted by Gasteiger charge is 2.28. The van der Waals surface area contributed by atoms with Crippen molar-refractivity contribution in [1.82, 2.24) is 20.0 Å². The van der Waals surface area contributed by atoms with Crippen LogP contribution in [0.25, 0.3) is 0 Å². The number of hydrogen-bond donors (Lipinski definition) is 1. The first-order valence-electron chi connectivity index (χ1n) is 10.8. The molecule has 0 saturated carbocycles. The van der Waals surface area contributed by atoms with E-state index in [1.165, 1.54) is 12.8 Å². The van der Waals surface area contributed by atoms with Crippen molar-refractivity contribution in [3.63, 3.8) is 0 Å². The van der Waals surface area contributed by atoms with E-state index >= 15 is 0 Å². The van der Waals surface area contributed by atoms with E-state index in [0.717, 1.165) is 51.7 Å². The van der Waals surface area contributed by atoms with E-state index in [2.05, 4.69) is 29.0 Å². The molecule has 2 rings (SSSR count). The van der Waals surface area contributed by atoms with Gasteiger partial charge in [-0.15, -0.1) is 0 Å². The summed E-state index contributed by atoms with van der Waals surface area (Å²) in [6.45, 7) is 17.6. The lowest BCUT2D eigenvalue weighted by atomic mass is 9.95. The van der Waals surface area contributed by atoms with Crippen LogP contribution in [0.3, 0.4) is 0 Å². The number of amides is 1. The number of piperidine rings is 1. The number of nitrogens with zero attached hydrogens (tertiary/aromatic N) is 3. The molecule has 0 bridgehead atoms. The third-order valence-corrected chi connectivity index (χ3v) is 5.88. The Kier molecular flexibility index (Phi) is 8.70. The summed E-state index contributed by atoms with van der Waals surface area (Å²) < 4.78 is 0. The van der Waals surface area contributed by atoms with Crippen molar-refractivity contribution in [2.24, 2.45) is 11.8 Å². The topological polar surface area (TPSA) is 55.9 Å². The first-order valence-corrected chi connectivity index (χ1v) is 10.8. The Morgan fingerprint density at radius 2 is 1.52 bits per heavy atom. The van der Waals surface area contributed by atoms with Gasteiger partial charge in [-0.2, -0.15) is 0 Å². The lowest BCUT2D eigenvalue weighted by Crippen LogP contribution is -2.55. The number of nitrogens with one attached hydrogen (secondary N) is 1. The highest BCUT2D eigenvalue weighted by molar-refractivity contribution is 5.82. The molecule has 2 aliphatic heterocycles. The number of ketones is 1. The molecule has 2 saturated heterocycles. The minimum absolute atomic E-state index is 0. The zero-order valence-electron chi connectivity index (χ0n) is 18.0. The number of rotatable bonds is 8. The Hall–Kier alpha value is -0.980. The summed E-state index contributed by atoms with van der Waals surface area (Å²) in [5.74, 6) is 1.45. The fraction of sp³-hybridized carbons (Fsp3) is 0.905. The second-order valence-electron chi connectivity index (χ2n) is 9.01. The Balaban J connectivity index is 0.00000392. The fourth-order valence-electron chi connectivity index (χ4n) is 4.09. The van der Waals surface area contributed by atoms with Crippen molar-refractivity contribution < 1.29 is 11.0 Å². The van der Waals surface area contributed by atoms with E-state index in [-0.39, 0.29) is 19.3 Å². The molecule has 0 aromatic rings. The third kappa shape index (κ3) is 7.16. The number of hydrogen-bond acceptors (Lipinski definition) is 5. The summed E-state index contributed by atoms with van der Waals surface area (Å²) in [5.41, 5.74) is 0. The van der Waals surface area contributed by atoms with Gasteiger partial charge in [0.1, 0.15) is 5.78 Å². The molecule has 0 aliphatic carbocycles. The second-order valence-corrected chi connectivity index (χ2v) is 9.01. The Morgan fingerprint density at radius 3 is 2.04 bits per heavy atom. The van der Waals surface area contributed by atoms with Crippen LogP contribution in [-0.2, 0) is 9.59 Å². The smallest absolute Gasteiger partial charge is 0.239 e. The normalized spacial score (nSPS) is 21.8. The van der Waals surface area contributed by atoms with E-state index in [1.807, 2.05) is 25.7 Å². The Bertz CT molecular complexity index is 485. The van der Waals surface area contributed by atoms with Gasteiger partial charge in [0, 0.05) is 46.1 Å². The predicted octanol–water partition coefficient (Wildman–Crippen LogP) is 1.70. The average Bonchev–Trinajstić information content (AvgIpc) is 2.62. The summed E-state index contributed by atoms with van der Waals surface area (Å²) in [7, 11) is 0. The molecule has 1 atom stereocenters. The molecule has 0 radical (unpaired) electrons. The maximum atomic E-state index is 12.5. The molecule has 0 spiro atoms. The van der Waals surface area contributed by atoms with Crippen LogP contribution in [0.15, 0.2) is 0 Å². The van der Waals surface area contributed by atoms with Gasteiger partial charge in [0.05, 0.1) is 12.6 Å². The van der Waals surface area contributed by atoms with Gasteiger partial charge in [0.2, 0.25) is 5.91 Å². The molecule has 0 aromatic heterocycles. The number of carbonyl (C=O) groups excluding carboxylic acids is 2. The maximum Gasteiger partial charge on any atom is 0.239 e. The molecule has 0 aromatic carbocycles. The molecule has 1 amide bonds. The van der Waals surface area contributed by atoms with Crippen molar-refractivity contribution >= 4 is 11.7 Å². The van der Waals surface area contributed by atoms with E-state index in [9.17, 15) is 9.59 Å². The molecule has 27 heavy (non-hydrogen) atoms. The van der Waals surface area contributed by atoms with Crippen LogP contribution in [0.1, 0.15) is 48.9 Å². The van der Waals surface area contributed by atoms with Crippen molar-refractivity contribution in [3.8, 4) is 0 Å². The van der Waals surface area contributed by atoms with Crippen molar-refractivity contribution in [1.29, 1.82) is 0 Å². The van der Waals surface area contributed by atoms with Gasteiger partial charge in [-0.1, -0.05) is 27.7 Å². The van der Waals surface area contributed by atoms with Gasteiger partial charge >= 0.3 is 0 Å². The summed E-state index contributed by atoms with van der Waals surface area (Å²) in [6.07, 6.45) is 2.36. The fourth-order valence-corrected chi connectivity index (χ4v) is 4.09. The molecule has 2 fully saturated rings. The molecule has 6 nitrogen and oxygen atoms in total. The standard InChI is InChI=1S/C21H40N4O2.H2/c1-16(2)20(26)15-23-8-6-19(7-9-23)14-24-10-12-25(13-11-24)21(27)18(5)22-17(3)4;/h16-19,22H,6-15H2,1-5H3;1H/t18-;/m0./s1. The lowest BCUT2D eigenvalue weighted by Gasteiger charge is -2.39. The number of Topliss-reactive ketones (excluding diaryl/α,β-unsaturated/α-hetero) is 1. The summed E-state index contributed by atoms with van der Waals surface area (Å²) >= 11 is 0. The van der Waals surface area contributed by atoms with Crippen molar-refractivity contribution in [3.05, 3.63) is 0 Å². The SMILES string of the molecule is CC(C)N[C@@H](C)C(=O)N1CCN(CC2CCN(CC(=O)C(C)C)CC2)CC1.[HH]. The number of carbonyl (C=O) groups is 2. The van der Waals surface area contributed by atoms with Gasteiger partial charge in [-0.05, 0) is 38.8 Å². The Labute approximate surface area is 167 Å². The van der Waals surface area contributed by atoms with Gasteiger partial charge in [-0.25, -0.2) is 0 Å². The lowest BCUT2D eigenvalue weighted by molar-refractivity contribution is -0.135. The summed E-state index contributed by atoms with van der Waals surface area (Å²) in [5, 5.41) is 3.31. The van der Waals surface area contributed by atoms with Gasteiger partial charge in [0.15, 0.2) is 0 Å². The van der Waals surface area contributed by atoms with Crippen LogP contribution in [-0.4, -0.2) is 90.8 Å². The molecule has 6 heteroatoms. The summed E-state index contributed by atoms with van der Waals surface area (Å²) in [4.78, 5) is 31.3. The van der Waals surface area contributed by atoms with Crippen LogP contribution in [0.2, 0.25) is 0 Å². The van der Waals surface area contributed by atoms with Crippen molar-refractivity contribution in [2.75, 3.05) is 52.4 Å². The van der Waals surface area contributed by atoms with E-state index in [0.29, 0.717) is 18.4 Å². The maximum absolute atomic E-state index is 12.5. The highest BCUT2D eigenvalue weighted by atomic mass is 16.2. The molecule has 2 aliphatic rings. The van der Waals surface area contributed by atoms with Crippen LogP contribution in [0, 0.1) is 11.8 Å². The first kappa shape index (κ1) is 22.3. The quantitative estimate of drug-likeness (QED) is 0.692. The molecular weight excluding hydrogens is 340 g/mol. The average molecular weight is 383 g/mol. The minimum atomic E-state index is -0.102. The third-order valence-electron chi connectivity index (χ3n) is 5.88. The van der Waals surface area contributed by atoms with Crippen LogP contribution in [0.4, 0.5) is 0 Å². The molecule has 2 heterocycles. The van der Waals surface area contributed by atoms with Crippen LogP contribution in [0.5, 0.6) is 0 Å². The van der Waals surface area contributed by atoms with Crippen LogP contribution < -0.4 is 5.32 Å². The summed E-state index contributed by atoms with van der Waals surface area (Å²) in [6, 6.07) is 0.223. The van der Waals surface area contributed by atoms with Gasteiger partial charge in [0.25, 0.3) is 0 Å². The van der Waals surface area contributed by atoms with Gasteiger partial charge in [-0.3, -0.25) is 19.4 Å². The predicted molar refractivity (Wildman–Crippen MR) is 112 cm³/mol. The Morgan fingerprint density at radius 1 is 0.926 bits per heavy atom. The monoisotopic (exact) mass is 382 g/mol. The van der Waals surface area contributed by atoms with Crippen molar-refractivity contribution in [2.45, 2.75) is 59.5 Å². The molecule has 1 N–H and O–H groups in total. The molecule has 0 unspecified atom stereocenters. The minimum Gasteiger partial charge on any atom is -0.339 e. The number of likely N-dealkylation sites (tertiary alicyclic amines) is 1. The van der Waals surface area contributed by atoms with E-state index in [4.69, 9.17) is 0 Å². The van der Waals surface area contributed by atoms with E-state index in [1.54, 1.807) is 0 Å². The zero-order valence-corrected chi connectivity index (χ0v) is 18.0. The zero-order chi connectivity index (χ0) is 20.0. The highest BCUT2D eigenvalue weighted by Crippen LogP contribution is 2.19.